The molecule has 0 aliphatic heterocycles. The van der Waals surface area contributed by atoms with Gasteiger partial charge in [-0.15, -0.1) is 0 Å². The number of benzene rings is 1. The number of urea groups is 1. The Morgan fingerprint density at radius 2 is 2.10 bits per heavy atom. The first kappa shape index (κ1) is 23.4. The first-order chi connectivity index (χ1) is 14.4. The van der Waals surface area contributed by atoms with Crippen LogP contribution in [-0.4, -0.2) is 30.2 Å². The van der Waals surface area contributed by atoms with E-state index in [0.29, 0.717) is 24.0 Å². The topological polar surface area (TPSA) is 71.5 Å². The highest BCUT2D eigenvalue weighted by Crippen LogP contribution is 2.24. The summed E-state index contributed by atoms with van der Waals surface area (Å²) in [6.07, 6.45) is 8.49. The summed E-state index contributed by atoms with van der Waals surface area (Å²) in [4.78, 5) is 17.1. The van der Waals surface area contributed by atoms with Crippen molar-refractivity contribution >= 4 is 23.3 Å². The number of amides is 2. The monoisotopic (exact) mass is 414 g/mol. The average Bonchev–Trinajstić information content (AvgIpc) is 3.06. The highest BCUT2D eigenvalue weighted by molar-refractivity contribution is 5.93. The molecule has 0 spiro atoms. The second kappa shape index (κ2) is 11.4. The van der Waals surface area contributed by atoms with Crippen molar-refractivity contribution in [3.8, 4) is 0 Å². The highest BCUT2D eigenvalue weighted by Gasteiger charge is 2.20. The van der Waals surface area contributed by atoms with E-state index >= 15 is 0 Å². The first-order valence-corrected chi connectivity index (χ1v) is 10.7. The fraction of sp³-hybridized carbons (Fsp3) is 0.522. The van der Waals surface area contributed by atoms with Crippen molar-refractivity contribution in [2.75, 3.05) is 19.0 Å². The fourth-order valence-corrected chi connectivity index (χ4v) is 3.35. The van der Waals surface area contributed by atoms with Crippen molar-refractivity contribution < 1.29 is 14.1 Å². The quantitative estimate of drug-likeness (QED) is 0.366. The number of unbranched alkanes of at least 4 members (excludes halogenated alkanes) is 1. The van der Waals surface area contributed by atoms with Gasteiger partial charge in [0.1, 0.15) is 12.4 Å². The van der Waals surface area contributed by atoms with Gasteiger partial charge in [-0.2, -0.15) is 0 Å². The lowest BCUT2D eigenvalue weighted by Crippen LogP contribution is -2.35. The molecule has 2 N–H and O–H groups in total. The number of aromatic nitrogens is 2. The van der Waals surface area contributed by atoms with Gasteiger partial charge in [0.25, 0.3) is 0 Å². The van der Waals surface area contributed by atoms with Gasteiger partial charge in [-0.05, 0) is 37.0 Å². The zero-order chi connectivity index (χ0) is 22.1. The molecule has 2 rings (SSSR count). The number of aryl methyl sites for hydroxylation is 3. The van der Waals surface area contributed by atoms with Crippen LogP contribution in [0.15, 0.2) is 35.6 Å². The number of anilines is 1. The Kier molecular flexibility index (Phi) is 8.89. The molecule has 0 bridgehead atoms. The summed E-state index contributed by atoms with van der Waals surface area (Å²) in [5, 5.41) is 5.92. The zero-order valence-electron chi connectivity index (χ0n) is 19.2. The molecule has 1 unspecified atom stereocenters. The third-order valence-electron chi connectivity index (χ3n) is 5.35. The lowest BCUT2D eigenvalue weighted by molar-refractivity contribution is -0.672. The largest absolute Gasteiger partial charge is 0.475 e. The van der Waals surface area contributed by atoms with Crippen LogP contribution >= 0.6 is 0 Å². The van der Waals surface area contributed by atoms with Crippen LogP contribution in [0.3, 0.4) is 0 Å². The molecule has 0 saturated heterocycles. The minimum atomic E-state index is -0.190. The summed E-state index contributed by atoms with van der Waals surface area (Å²) >= 11 is 0. The van der Waals surface area contributed by atoms with Crippen LogP contribution in [0.4, 0.5) is 16.2 Å². The molecule has 0 aliphatic rings. The number of nitrogens with one attached hydrogen (secondary N) is 2. The van der Waals surface area contributed by atoms with Crippen LogP contribution in [0.25, 0.3) is 0 Å². The number of aliphatic imine (C=N–C) groups is 1. The zero-order valence-corrected chi connectivity index (χ0v) is 19.2. The summed E-state index contributed by atoms with van der Waals surface area (Å²) in [5.41, 5.74) is 2.45. The van der Waals surface area contributed by atoms with E-state index in [-0.39, 0.29) is 6.03 Å². The van der Waals surface area contributed by atoms with Gasteiger partial charge >= 0.3 is 17.8 Å². The normalized spacial score (nSPS) is 12.5. The second-order valence-corrected chi connectivity index (χ2v) is 7.72. The van der Waals surface area contributed by atoms with E-state index in [9.17, 15) is 4.79 Å². The average molecular weight is 415 g/mol. The SMILES string of the molecule is CCCCC(CC)CNC(=O)Nc1ccc(C)c(/N=C(\OC)c2n(C)cc[n+]2C)c1. The molecular formula is C23H36N5O2+. The maximum absolute atomic E-state index is 12.4. The fourth-order valence-electron chi connectivity index (χ4n) is 3.35. The highest BCUT2D eigenvalue weighted by atomic mass is 16.5. The van der Waals surface area contributed by atoms with Crippen molar-refractivity contribution in [3.05, 3.63) is 42.0 Å². The summed E-state index contributed by atoms with van der Waals surface area (Å²) < 4.78 is 9.46. The summed E-state index contributed by atoms with van der Waals surface area (Å²) in [5.74, 6) is 1.88. The van der Waals surface area contributed by atoms with E-state index < -0.39 is 0 Å². The summed E-state index contributed by atoms with van der Waals surface area (Å²) in [6, 6.07) is 5.51. The van der Waals surface area contributed by atoms with Crippen LogP contribution in [-0.2, 0) is 18.8 Å². The van der Waals surface area contributed by atoms with E-state index in [1.165, 1.54) is 12.8 Å². The standard InChI is InChI=1S/C23H35N5O2/c1-7-9-10-18(8-2)16-24-23(29)25-19-12-11-17(3)20(15-19)26-21(30-6)22-27(4)13-14-28(22)5/h11-15,18H,7-10,16H2,1-6H3,(H-,24,25,29)/p+1/b26-21-. The summed E-state index contributed by atoms with van der Waals surface area (Å²) in [7, 11) is 5.51. The number of hydrogen-bond acceptors (Lipinski definition) is 3. The molecule has 7 heteroatoms. The van der Waals surface area contributed by atoms with Gasteiger partial charge in [-0.25, -0.2) is 18.9 Å². The number of nitrogens with zero attached hydrogens (tertiary/aromatic N) is 3. The van der Waals surface area contributed by atoms with Gasteiger partial charge < -0.3 is 15.4 Å². The molecule has 7 nitrogen and oxygen atoms in total. The van der Waals surface area contributed by atoms with E-state index in [2.05, 4.69) is 24.5 Å². The lowest BCUT2D eigenvalue weighted by Gasteiger charge is -2.16. The Balaban J connectivity index is 2.12. The molecule has 30 heavy (non-hydrogen) atoms. The lowest BCUT2D eigenvalue weighted by atomic mass is 9.99. The van der Waals surface area contributed by atoms with E-state index in [0.717, 1.165) is 29.9 Å². The third kappa shape index (κ3) is 6.34. The maximum atomic E-state index is 12.4. The number of imidazole rings is 1. The van der Waals surface area contributed by atoms with Crippen molar-refractivity contribution in [1.82, 2.24) is 9.88 Å². The van der Waals surface area contributed by atoms with E-state index in [1.807, 2.05) is 60.7 Å². The maximum Gasteiger partial charge on any atom is 0.344 e. The van der Waals surface area contributed by atoms with E-state index in [1.54, 1.807) is 7.11 Å². The number of methoxy groups -OCH3 is 1. The Bertz CT molecular complexity index is 853. The molecule has 0 saturated carbocycles. The molecule has 1 atom stereocenters. The molecule has 0 fully saturated rings. The smallest absolute Gasteiger partial charge is 0.344 e. The Morgan fingerprint density at radius 3 is 2.70 bits per heavy atom. The summed E-state index contributed by atoms with van der Waals surface area (Å²) in [6.45, 7) is 7.04. The number of ether oxygens (including phenoxy) is 1. The molecule has 1 aromatic heterocycles. The number of carbonyl (C=O) groups is 1. The van der Waals surface area contributed by atoms with E-state index in [4.69, 9.17) is 9.73 Å². The van der Waals surface area contributed by atoms with Gasteiger partial charge in [-0.1, -0.05) is 39.2 Å². The second-order valence-electron chi connectivity index (χ2n) is 7.72. The predicted molar refractivity (Wildman–Crippen MR) is 121 cm³/mol. The van der Waals surface area contributed by atoms with Gasteiger partial charge in [0.15, 0.2) is 0 Å². The number of hydrogen-bond donors (Lipinski definition) is 2. The molecule has 1 aromatic carbocycles. The van der Waals surface area contributed by atoms with Crippen LogP contribution < -0.4 is 15.2 Å². The van der Waals surface area contributed by atoms with Crippen LogP contribution in [0.2, 0.25) is 0 Å². The minimum Gasteiger partial charge on any atom is -0.475 e. The Morgan fingerprint density at radius 1 is 1.33 bits per heavy atom. The molecule has 0 radical (unpaired) electrons. The van der Waals surface area contributed by atoms with Gasteiger partial charge in [0, 0.05) is 12.2 Å². The molecular weight excluding hydrogens is 378 g/mol. The van der Waals surface area contributed by atoms with Crippen molar-refractivity contribution in [2.24, 2.45) is 25.0 Å². The molecule has 0 aliphatic carbocycles. The molecule has 164 valence electrons. The van der Waals surface area contributed by atoms with Crippen LogP contribution in [0.5, 0.6) is 0 Å². The third-order valence-corrected chi connectivity index (χ3v) is 5.35. The van der Waals surface area contributed by atoms with Crippen molar-refractivity contribution in [3.63, 3.8) is 0 Å². The van der Waals surface area contributed by atoms with Crippen LogP contribution in [0.1, 0.15) is 50.9 Å². The Hall–Kier alpha value is -2.83. The number of carbonyl (C=O) groups excluding carboxylic acids is 1. The predicted octanol–water partition coefficient (Wildman–Crippen LogP) is 4.22. The minimum absolute atomic E-state index is 0.190. The van der Waals surface area contributed by atoms with Gasteiger partial charge in [0.2, 0.25) is 0 Å². The van der Waals surface area contributed by atoms with Gasteiger partial charge in [-0.3, -0.25) is 0 Å². The molecule has 1 heterocycles. The first-order valence-electron chi connectivity index (χ1n) is 10.7. The van der Waals surface area contributed by atoms with Crippen molar-refractivity contribution in [2.45, 2.75) is 46.5 Å². The number of rotatable bonds is 9. The van der Waals surface area contributed by atoms with Crippen molar-refractivity contribution in [1.29, 1.82) is 0 Å². The molecule has 2 aromatic rings. The molecule has 2 amide bonds. The van der Waals surface area contributed by atoms with Crippen LogP contribution in [0, 0.1) is 12.8 Å². The van der Waals surface area contributed by atoms with Gasteiger partial charge in [0.05, 0.1) is 26.9 Å². The Labute approximate surface area is 180 Å².